The Morgan fingerprint density at radius 1 is 1.55 bits per heavy atom. The van der Waals surface area contributed by atoms with E-state index >= 15 is 0 Å². The standard InChI is InChI=1S/C8H11FN2/c9-7-3-2-6-11-8(7)4-1-5-10/h2-3,6H,1,4-5,10H2. The predicted molar refractivity (Wildman–Crippen MR) is 41.6 cm³/mol. The van der Waals surface area contributed by atoms with Crippen LogP contribution in [0.15, 0.2) is 18.3 Å². The van der Waals surface area contributed by atoms with Gasteiger partial charge < -0.3 is 5.73 Å². The van der Waals surface area contributed by atoms with Gasteiger partial charge in [-0.2, -0.15) is 0 Å². The molecule has 0 spiro atoms. The van der Waals surface area contributed by atoms with E-state index in [1.165, 1.54) is 6.07 Å². The normalized spacial score (nSPS) is 10.0. The fourth-order valence-electron chi connectivity index (χ4n) is 0.872. The van der Waals surface area contributed by atoms with Crippen LogP contribution in [0.4, 0.5) is 4.39 Å². The summed E-state index contributed by atoms with van der Waals surface area (Å²) in [5.41, 5.74) is 5.79. The van der Waals surface area contributed by atoms with E-state index in [1.807, 2.05) is 0 Å². The molecule has 1 rings (SSSR count). The lowest BCUT2D eigenvalue weighted by molar-refractivity contribution is 0.593. The molecule has 0 saturated carbocycles. The maximum absolute atomic E-state index is 12.8. The molecule has 0 unspecified atom stereocenters. The van der Waals surface area contributed by atoms with E-state index in [0.717, 1.165) is 6.42 Å². The Kier molecular flexibility index (Phi) is 2.98. The van der Waals surface area contributed by atoms with Gasteiger partial charge in [0, 0.05) is 6.20 Å². The Balaban J connectivity index is 2.62. The fourth-order valence-corrected chi connectivity index (χ4v) is 0.872. The van der Waals surface area contributed by atoms with E-state index in [0.29, 0.717) is 18.7 Å². The smallest absolute Gasteiger partial charge is 0.144 e. The van der Waals surface area contributed by atoms with Crippen molar-refractivity contribution >= 4 is 0 Å². The van der Waals surface area contributed by atoms with Gasteiger partial charge in [-0.05, 0) is 31.5 Å². The fraction of sp³-hybridized carbons (Fsp3) is 0.375. The van der Waals surface area contributed by atoms with Crippen molar-refractivity contribution < 1.29 is 4.39 Å². The van der Waals surface area contributed by atoms with Crippen LogP contribution in [0.25, 0.3) is 0 Å². The van der Waals surface area contributed by atoms with Gasteiger partial charge >= 0.3 is 0 Å². The molecule has 0 aliphatic carbocycles. The molecule has 60 valence electrons. The van der Waals surface area contributed by atoms with Crippen molar-refractivity contribution in [3.63, 3.8) is 0 Å². The zero-order chi connectivity index (χ0) is 8.10. The van der Waals surface area contributed by atoms with Gasteiger partial charge in [0.2, 0.25) is 0 Å². The Labute approximate surface area is 65.3 Å². The average molecular weight is 154 g/mol. The Morgan fingerprint density at radius 2 is 2.36 bits per heavy atom. The monoisotopic (exact) mass is 154 g/mol. The third kappa shape index (κ3) is 2.27. The van der Waals surface area contributed by atoms with E-state index in [2.05, 4.69) is 4.98 Å². The molecule has 0 amide bonds. The van der Waals surface area contributed by atoms with Crippen molar-refractivity contribution in [2.24, 2.45) is 5.73 Å². The lowest BCUT2D eigenvalue weighted by Gasteiger charge is -1.98. The average Bonchev–Trinajstić information content (AvgIpc) is 2.03. The van der Waals surface area contributed by atoms with Crippen molar-refractivity contribution in [2.75, 3.05) is 6.54 Å². The summed E-state index contributed by atoms with van der Waals surface area (Å²) in [6, 6.07) is 3.00. The summed E-state index contributed by atoms with van der Waals surface area (Å²) in [6.07, 6.45) is 3.01. The molecule has 1 aromatic rings. The van der Waals surface area contributed by atoms with Crippen molar-refractivity contribution in [3.05, 3.63) is 29.8 Å². The number of pyridine rings is 1. The van der Waals surface area contributed by atoms with Crippen molar-refractivity contribution in [3.8, 4) is 0 Å². The minimum atomic E-state index is -0.235. The molecule has 11 heavy (non-hydrogen) atoms. The van der Waals surface area contributed by atoms with Gasteiger partial charge in [-0.3, -0.25) is 4.98 Å². The van der Waals surface area contributed by atoms with Crippen LogP contribution in [0.3, 0.4) is 0 Å². The summed E-state index contributed by atoms with van der Waals surface area (Å²) >= 11 is 0. The lowest BCUT2D eigenvalue weighted by Crippen LogP contribution is -2.02. The number of hydrogen-bond acceptors (Lipinski definition) is 2. The van der Waals surface area contributed by atoms with Crippen molar-refractivity contribution in [2.45, 2.75) is 12.8 Å². The second-order valence-electron chi connectivity index (χ2n) is 2.32. The van der Waals surface area contributed by atoms with E-state index < -0.39 is 0 Å². The SMILES string of the molecule is NCCCc1ncccc1F. The van der Waals surface area contributed by atoms with Gasteiger partial charge in [-0.15, -0.1) is 0 Å². The van der Waals surface area contributed by atoms with Crippen LogP contribution in [0.2, 0.25) is 0 Å². The summed E-state index contributed by atoms with van der Waals surface area (Å²) in [5.74, 6) is -0.235. The molecule has 0 aliphatic heterocycles. The molecule has 1 aromatic heterocycles. The summed E-state index contributed by atoms with van der Waals surface area (Å²) in [5, 5.41) is 0. The van der Waals surface area contributed by atoms with Gasteiger partial charge in [0.05, 0.1) is 5.69 Å². The Morgan fingerprint density at radius 3 is 3.00 bits per heavy atom. The first kappa shape index (κ1) is 8.14. The quantitative estimate of drug-likeness (QED) is 0.708. The third-order valence-electron chi connectivity index (χ3n) is 1.45. The largest absolute Gasteiger partial charge is 0.330 e. The van der Waals surface area contributed by atoms with Crippen LogP contribution >= 0.6 is 0 Å². The van der Waals surface area contributed by atoms with Crippen LogP contribution in [-0.2, 0) is 6.42 Å². The molecule has 3 heteroatoms. The highest BCUT2D eigenvalue weighted by Gasteiger charge is 1.99. The second-order valence-corrected chi connectivity index (χ2v) is 2.32. The maximum Gasteiger partial charge on any atom is 0.144 e. The topological polar surface area (TPSA) is 38.9 Å². The number of halogens is 1. The summed E-state index contributed by atoms with van der Waals surface area (Å²) in [4.78, 5) is 3.89. The van der Waals surface area contributed by atoms with E-state index in [9.17, 15) is 4.39 Å². The molecule has 0 atom stereocenters. The zero-order valence-electron chi connectivity index (χ0n) is 6.26. The molecule has 0 aliphatic rings. The second kappa shape index (κ2) is 4.03. The molecular formula is C8H11FN2. The number of hydrogen-bond donors (Lipinski definition) is 1. The highest BCUT2D eigenvalue weighted by atomic mass is 19.1. The molecular weight excluding hydrogens is 143 g/mol. The number of rotatable bonds is 3. The van der Waals surface area contributed by atoms with E-state index in [1.54, 1.807) is 12.3 Å². The van der Waals surface area contributed by atoms with Crippen LogP contribution in [0, 0.1) is 5.82 Å². The van der Waals surface area contributed by atoms with Crippen molar-refractivity contribution in [1.29, 1.82) is 0 Å². The molecule has 0 fully saturated rings. The Bertz CT molecular complexity index is 225. The van der Waals surface area contributed by atoms with Crippen LogP contribution in [-0.4, -0.2) is 11.5 Å². The molecule has 0 saturated heterocycles. The Hall–Kier alpha value is -0.960. The molecule has 0 aromatic carbocycles. The van der Waals surface area contributed by atoms with Gasteiger partial charge in [0.25, 0.3) is 0 Å². The van der Waals surface area contributed by atoms with Gasteiger partial charge in [-0.1, -0.05) is 0 Å². The molecule has 0 bridgehead atoms. The third-order valence-corrected chi connectivity index (χ3v) is 1.45. The number of aryl methyl sites for hydroxylation is 1. The number of nitrogens with two attached hydrogens (primary N) is 1. The molecule has 1 heterocycles. The van der Waals surface area contributed by atoms with E-state index in [4.69, 9.17) is 5.73 Å². The minimum absolute atomic E-state index is 0.235. The maximum atomic E-state index is 12.8. The number of aromatic nitrogens is 1. The van der Waals surface area contributed by atoms with Gasteiger partial charge in [0.1, 0.15) is 5.82 Å². The first-order chi connectivity index (χ1) is 5.34. The summed E-state index contributed by atoms with van der Waals surface area (Å²) < 4.78 is 12.8. The summed E-state index contributed by atoms with van der Waals surface area (Å²) in [6.45, 7) is 0.579. The highest BCUT2D eigenvalue weighted by Crippen LogP contribution is 2.04. The van der Waals surface area contributed by atoms with Crippen LogP contribution in [0.5, 0.6) is 0 Å². The van der Waals surface area contributed by atoms with Crippen molar-refractivity contribution in [1.82, 2.24) is 4.98 Å². The minimum Gasteiger partial charge on any atom is -0.330 e. The summed E-state index contributed by atoms with van der Waals surface area (Å²) in [7, 11) is 0. The molecule has 2 nitrogen and oxygen atoms in total. The number of nitrogens with zero attached hydrogens (tertiary/aromatic N) is 1. The first-order valence-corrected chi connectivity index (χ1v) is 3.64. The van der Waals surface area contributed by atoms with E-state index in [-0.39, 0.29) is 5.82 Å². The highest BCUT2D eigenvalue weighted by molar-refractivity contribution is 5.06. The van der Waals surface area contributed by atoms with Crippen LogP contribution in [0.1, 0.15) is 12.1 Å². The first-order valence-electron chi connectivity index (χ1n) is 3.64. The van der Waals surface area contributed by atoms with Gasteiger partial charge in [-0.25, -0.2) is 4.39 Å². The molecule has 0 radical (unpaired) electrons. The predicted octanol–water partition coefficient (Wildman–Crippen LogP) is 1.11. The lowest BCUT2D eigenvalue weighted by atomic mass is 10.2. The zero-order valence-corrected chi connectivity index (χ0v) is 6.26. The van der Waals surface area contributed by atoms with Gasteiger partial charge in [0.15, 0.2) is 0 Å². The molecule has 2 N–H and O–H groups in total. The van der Waals surface area contributed by atoms with Crippen LogP contribution < -0.4 is 5.73 Å².